The Morgan fingerprint density at radius 3 is 2.56 bits per heavy atom. The molecule has 3 rings (SSSR count). The van der Waals surface area contributed by atoms with Crippen molar-refractivity contribution in [3.63, 3.8) is 0 Å². The number of benzene rings is 2. The van der Waals surface area contributed by atoms with Crippen LogP contribution >= 0.6 is 15.9 Å². The van der Waals surface area contributed by atoms with Crippen LogP contribution in [-0.2, 0) is 19.7 Å². The molecule has 0 amide bonds. The molecule has 0 aliphatic heterocycles. The van der Waals surface area contributed by atoms with Crippen molar-refractivity contribution < 1.29 is 13.9 Å². The second-order valence-corrected chi connectivity index (χ2v) is 6.42. The fourth-order valence-electron chi connectivity index (χ4n) is 2.49. The summed E-state index contributed by atoms with van der Waals surface area (Å²) in [5, 5.41) is 3.35. The molecule has 0 saturated carbocycles. The van der Waals surface area contributed by atoms with Crippen LogP contribution in [0.5, 0.6) is 11.5 Å². The van der Waals surface area contributed by atoms with Crippen LogP contribution in [0.3, 0.4) is 0 Å². The van der Waals surface area contributed by atoms with E-state index in [1.54, 1.807) is 13.4 Å². The summed E-state index contributed by atoms with van der Waals surface area (Å²) in [6, 6.07) is 17.9. The Hall–Kier alpha value is -2.24. The minimum atomic E-state index is 0.492. The highest BCUT2D eigenvalue weighted by Crippen LogP contribution is 2.37. The van der Waals surface area contributed by atoms with Gasteiger partial charge in [-0.1, -0.05) is 30.3 Å². The second-order valence-electron chi connectivity index (χ2n) is 5.57. The Bertz CT molecular complexity index is 788. The van der Waals surface area contributed by atoms with E-state index >= 15 is 0 Å². The lowest BCUT2D eigenvalue weighted by Crippen LogP contribution is -2.12. The molecule has 1 N–H and O–H groups in total. The molecule has 2 aromatic carbocycles. The van der Waals surface area contributed by atoms with E-state index in [-0.39, 0.29) is 0 Å². The lowest BCUT2D eigenvalue weighted by atomic mass is 10.2. The van der Waals surface area contributed by atoms with Crippen molar-refractivity contribution in [2.75, 3.05) is 7.11 Å². The van der Waals surface area contributed by atoms with Gasteiger partial charge in [-0.2, -0.15) is 0 Å². The quantitative estimate of drug-likeness (QED) is 0.581. The normalized spacial score (nSPS) is 10.6. The van der Waals surface area contributed by atoms with Gasteiger partial charge in [0.1, 0.15) is 12.4 Å². The average Bonchev–Trinajstić information content (AvgIpc) is 3.15. The molecule has 0 bridgehead atoms. The summed E-state index contributed by atoms with van der Waals surface area (Å²) in [6.07, 6.45) is 1.68. The van der Waals surface area contributed by atoms with Crippen molar-refractivity contribution in [1.29, 1.82) is 0 Å². The molecule has 0 fully saturated rings. The van der Waals surface area contributed by atoms with Gasteiger partial charge in [0.15, 0.2) is 11.5 Å². The van der Waals surface area contributed by atoms with Gasteiger partial charge in [0.2, 0.25) is 0 Å². The van der Waals surface area contributed by atoms with Gasteiger partial charge in [-0.3, -0.25) is 0 Å². The summed E-state index contributed by atoms with van der Waals surface area (Å²) >= 11 is 3.59. The molecular formula is C20H20BrNO3. The smallest absolute Gasteiger partial charge is 0.175 e. The van der Waals surface area contributed by atoms with Crippen LogP contribution in [0.2, 0.25) is 0 Å². The zero-order chi connectivity index (χ0) is 17.5. The molecule has 0 radical (unpaired) electrons. The number of ether oxygens (including phenoxy) is 2. The predicted molar refractivity (Wildman–Crippen MR) is 101 cm³/mol. The van der Waals surface area contributed by atoms with Gasteiger partial charge in [-0.05, 0) is 51.3 Å². The first-order chi connectivity index (χ1) is 12.3. The molecule has 1 heterocycles. The van der Waals surface area contributed by atoms with E-state index < -0.39 is 0 Å². The largest absolute Gasteiger partial charge is 0.493 e. The minimum Gasteiger partial charge on any atom is -0.493 e. The standard InChI is InChI=1S/C20H20BrNO3/c1-23-19-11-16(12-22-13-17-8-5-9-24-17)10-18(21)20(19)25-14-15-6-3-2-4-7-15/h2-11,22H,12-14H2,1H3. The zero-order valence-corrected chi connectivity index (χ0v) is 15.6. The molecule has 1 aromatic heterocycles. The van der Waals surface area contributed by atoms with Gasteiger partial charge in [0.25, 0.3) is 0 Å². The molecule has 3 aromatic rings. The topological polar surface area (TPSA) is 43.6 Å². The molecule has 130 valence electrons. The van der Waals surface area contributed by atoms with Gasteiger partial charge < -0.3 is 19.2 Å². The third kappa shape index (κ3) is 4.87. The first-order valence-electron chi connectivity index (χ1n) is 8.02. The zero-order valence-electron chi connectivity index (χ0n) is 14.0. The van der Waals surface area contributed by atoms with E-state index in [0.717, 1.165) is 21.4 Å². The summed E-state index contributed by atoms with van der Waals surface area (Å²) in [5.74, 6) is 2.33. The third-order valence-corrected chi connectivity index (χ3v) is 4.31. The Balaban J connectivity index is 1.65. The molecule has 0 saturated heterocycles. The highest BCUT2D eigenvalue weighted by atomic mass is 79.9. The molecule has 0 aliphatic rings. The van der Waals surface area contributed by atoms with E-state index in [1.807, 2.05) is 54.6 Å². The summed E-state index contributed by atoms with van der Waals surface area (Å²) < 4.78 is 17.7. The highest BCUT2D eigenvalue weighted by Gasteiger charge is 2.12. The second kappa shape index (κ2) is 8.74. The molecule has 0 aliphatic carbocycles. The third-order valence-electron chi connectivity index (χ3n) is 3.72. The molecule has 25 heavy (non-hydrogen) atoms. The molecule has 0 unspecified atom stereocenters. The monoisotopic (exact) mass is 401 g/mol. The predicted octanol–water partition coefficient (Wildman–Crippen LogP) is 4.92. The van der Waals surface area contributed by atoms with E-state index in [0.29, 0.717) is 31.2 Å². The van der Waals surface area contributed by atoms with E-state index in [4.69, 9.17) is 13.9 Å². The molecule has 4 nitrogen and oxygen atoms in total. The van der Waals surface area contributed by atoms with E-state index in [1.165, 1.54) is 0 Å². The van der Waals surface area contributed by atoms with Crippen molar-refractivity contribution >= 4 is 15.9 Å². The summed E-state index contributed by atoms with van der Waals surface area (Å²) in [4.78, 5) is 0. The number of furan rings is 1. The SMILES string of the molecule is COc1cc(CNCc2ccco2)cc(Br)c1OCc1ccccc1. The highest BCUT2D eigenvalue weighted by molar-refractivity contribution is 9.10. The van der Waals surface area contributed by atoms with Crippen LogP contribution in [-0.4, -0.2) is 7.11 Å². The number of hydrogen-bond acceptors (Lipinski definition) is 4. The molecule has 0 atom stereocenters. The van der Waals surface area contributed by atoms with Crippen LogP contribution in [0, 0.1) is 0 Å². The fourth-order valence-corrected chi connectivity index (χ4v) is 3.09. The molecule has 0 spiro atoms. The lowest BCUT2D eigenvalue weighted by molar-refractivity contribution is 0.282. The Morgan fingerprint density at radius 2 is 1.84 bits per heavy atom. The molecule has 5 heteroatoms. The van der Waals surface area contributed by atoms with E-state index in [9.17, 15) is 0 Å². The van der Waals surface area contributed by atoms with Gasteiger partial charge in [-0.15, -0.1) is 0 Å². The van der Waals surface area contributed by atoms with Crippen LogP contribution < -0.4 is 14.8 Å². The number of nitrogens with one attached hydrogen (secondary N) is 1. The lowest BCUT2D eigenvalue weighted by Gasteiger charge is -2.15. The van der Waals surface area contributed by atoms with Crippen molar-refractivity contribution in [2.45, 2.75) is 19.7 Å². The number of methoxy groups -OCH3 is 1. The van der Waals surface area contributed by atoms with Crippen LogP contribution in [0.15, 0.2) is 69.8 Å². The van der Waals surface area contributed by atoms with Gasteiger partial charge >= 0.3 is 0 Å². The maximum absolute atomic E-state index is 5.96. The maximum atomic E-state index is 5.96. The van der Waals surface area contributed by atoms with Crippen molar-refractivity contribution in [3.8, 4) is 11.5 Å². The Kier molecular flexibility index (Phi) is 6.14. The van der Waals surface area contributed by atoms with Crippen molar-refractivity contribution in [1.82, 2.24) is 5.32 Å². The minimum absolute atomic E-state index is 0.492. The van der Waals surface area contributed by atoms with Gasteiger partial charge in [0.05, 0.1) is 24.4 Å². The van der Waals surface area contributed by atoms with E-state index in [2.05, 4.69) is 21.2 Å². The number of halogens is 1. The number of rotatable bonds is 8. The average molecular weight is 402 g/mol. The Labute approximate surface area is 155 Å². The fraction of sp³-hybridized carbons (Fsp3) is 0.200. The number of hydrogen-bond donors (Lipinski definition) is 1. The van der Waals surface area contributed by atoms with Crippen LogP contribution in [0.4, 0.5) is 0 Å². The van der Waals surface area contributed by atoms with Crippen LogP contribution in [0.1, 0.15) is 16.9 Å². The summed E-state index contributed by atoms with van der Waals surface area (Å²) in [7, 11) is 1.65. The maximum Gasteiger partial charge on any atom is 0.175 e. The Morgan fingerprint density at radius 1 is 1.00 bits per heavy atom. The van der Waals surface area contributed by atoms with Gasteiger partial charge in [-0.25, -0.2) is 0 Å². The summed E-state index contributed by atoms with van der Waals surface area (Å²) in [5.41, 5.74) is 2.21. The molecular weight excluding hydrogens is 382 g/mol. The van der Waals surface area contributed by atoms with Gasteiger partial charge in [0, 0.05) is 6.54 Å². The van der Waals surface area contributed by atoms with Crippen molar-refractivity contribution in [3.05, 3.63) is 82.2 Å². The first-order valence-corrected chi connectivity index (χ1v) is 8.82. The van der Waals surface area contributed by atoms with Crippen molar-refractivity contribution in [2.24, 2.45) is 0 Å². The first kappa shape index (κ1) is 17.6. The summed E-state index contributed by atoms with van der Waals surface area (Å²) in [6.45, 7) is 1.87. The van der Waals surface area contributed by atoms with Crippen LogP contribution in [0.25, 0.3) is 0 Å².